The monoisotopic (exact) mass is 244 g/mol. The van der Waals surface area contributed by atoms with Crippen LogP contribution in [0.2, 0.25) is 0 Å². The molecule has 0 fully saturated rings. The van der Waals surface area contributed by atoms with Crippen LogP contribution in [0, 0.1) is 5.41 Å². The molecule has 0 nitrogen and oxygen atoms in total. The smallest absolute Gasteiger partial charge is 0.166 e. The van der Waals surface area contributed by atoms with E-state index in [4.69, 9.17) is 0 Å². The fourth-order valence-corrected chi connectivity index (χ4v) is 1.68. The lowest BCUT2D eigenvalue weighted by molar-refractivity contribution is -0.139. The molecular weight excluding hydrogens is 225 g/mol. The van der Waals surface area contributed by atoms with Crippen LogP contribution in [0.3, 0.4) is 0 Å². The predicted octanol–water partition coefficient (Wildman–Crippen LogP) is 5.03. The van der Waals surface area contributed by atoms with Gasteiger partial charge in [-0.05, 0) is 22.5 Å². The molecule has 0 aromatic heterocycles. The second-order valence-corrected chi connectivity index (χ2v) is 5.92. The summed E-state index contributed by atoms with van der Waals surface area (Å²) < 4.78 is 38.9. The van der Waals surface area contributed by atoms with Crippen molar-refractivity contribution < 1.29 is 13.2 Å². The van der Waals surface area contributed by atoms with Crippen LogP contribution in [0.1, 0.15) is 45.7 Å². The first-order chi connectivity index (χ1) is 7.48. The lowest BCUT2D eigenvalue weighted by Crippen LogP contribution is -2.36. The zero-order chi connectivity index (χ0) is 13.5. The molecule has 1 aromatic carbocycles. The fraction of sp³-hybridized carbons (Fsp3) is 0.571. The van der Waals surface area contributed by atoms with Gasteiger partial charge in [0.15, 0.2) is 0 Å². The van der Waals surface area contributed by atoms with E-state index in [9.17, 15) is 13.2 Å². The molecule has 0 aliphatic carbocycles. The third-order valence-electron chi connectivity index (χ3n) is 3.78. The van der Waals surface area contributed by atoms with Crippen molar-refractivity contribution in [3.63, 3.8) is 0 Å². The number of hydrogen-bond acceptors (Lipinski definition) is 0. The summed E-state index contributed by atoms with van der Waals surface area (Å²) in [5.41, 5.74) is -0.951. The topological polar surface area (TPSA) is 0 Å². The lowest BCUT2D eigenvalue weighted by Gasteiger charge is -2.40. The van der Waals surface area contributed by atoms with Crippen LogP contribution in [0.15, 0.2) is 24.3 Å². The van der Waals surface area contributed by atoms with E-state index >= 15 is 0 Å². The van der Waals surface area contributed by atoms with Gasteiger partial charge in [0.05, 0.1) is 5.56 Å². The van der Waals surface area contributed by atoms with Crippen LogP contribution in [0.25, 0.3) is 0 Å². The molecule has 1 rings (SSSR count). The quantitative estimate of drug-likeness (QED) is 0.650. The van der Waals surface area contributed by atoms with Crippen LogP contribution in [0.4, 0.5) is 13.2 Å². The third-order valence-corrected chi connectivity index (χ3v) is 3.78. The van der Waals surface area contributed by atoms with Crippen LogP contribution in [-0.4, -0.2) is 0 Å². The zero-order valence-corrected chi connectivity index (χ0v) is 10.9. The second-order valence-electron chi connectivity index (χ2n) is 5.92. The highest BCUT2D eigenvalue weighted by Crippen LogP contribution is 2.45. The molecule has 0 atom stereocenters. The molecule has 0 spiro atoms. The zero-order valence-electron chi connectivity index (χ0n) is 10.9. The van der Waals surface area contributed by atoms with E-state index in [0.717, 1.165) is 6.07 Å². The number of rotatable bonds is 1. The van der Waals surface area contributed by atoms with Crippen LogP contribution in [-0.2, 0) is 11.6 Å². The lowest BCUT2D eigenvalue weighted by atomic mass is 9.64. The Kier molecular flexibility index (Phi) is 3.34. The molecule has 3 heteroatoms. The van der Waals surface area contributed by atoms with Crippen LogP contribution >= 0.6 is 0 Å². The largest absolute Gasteiger partial charge is 0.416 e. The molecule has 0 saturated heterocycles. The average Bonchev–Trinajstić information content (AvgIpc) is 2.14. The molecule has 17 heavy (non-hydrogen) atoms. The molecule has 0 N–H and O–H groups in total. The summed E-state index contributed by atoms with van der Waals surface area (Å²) in [6.45, 7) is 9.59. The summed E-state index contributed by atoms with van der Waals surface area (Å²) in [6.07, 6.45) is -4.29. The minimum atomic E-state index is -4.29. The molecule has 0 heterocycles. The fourth-order valence-electron chi connectivity index (χ4n) is 1.68. The normalized spacial score (nSPS) is 13.9. The Morgan fingerprint density at radius 3 is 1.53 bits per heavy atom. The van der Waals surface area contributed by atoms with E-state index in [1.165, 1.54) is 6.07 Å². The number of benzene rings is 1. The van der Waals surface area contributed by atoms with E-state index < -0.39 is 17.2 Å². The maximum atomic E-state index is 13.0. The van der Waals surface area contributed by atoms with Gasteiger partial charge in [0, 0.05) is 0 Å². The second kappa shape index (κ2) is 4.04. The third kappa shape index (κ3) is 2.64. The first-order valence-electron chi connectivity index (χ1n) is 5.64. The Balaban J connectivity index is 3.43. The molecule has 0 radical (unpaired) electrons. The maximum Gasteiger partial charge on any atom is 0.416 e. The molecule has 0 saturated carbocycles. The highest BCUT2D eigenvalue weighted by molar-refractivity contribution is 5.36. The summed E-state index contributed by atoms with van der Waals surface area (Å²) in [6, 6.07) is 5.83. The van der Waals surface area contributed by atoms with E-state index in [1.54, 1.807) is 12.1 Å². The molecule has 1 aromatic rings. The van der Waals surface area contributed by atoms with Crippen molar-refractivity contribution in [2.75, 3.05) is 0 Å². The molecule has 0 unspecified atom stereocenters. The van der Waals surface area contributed by atoms with Gasteiger partial charge >= 0.3 is 6.18 Å². The van der Waals surface area contributed by atoms with Gasteiger partial charge in [-0.15, -0.1) is 0 Å². The van der Waals surface area contributed by atoms with Crippen molar-refractivity contribution in [2.24, 2.45) is 5.41 Å². The summed E-state index contributed by atoms with van der Waals surface area (Å²) in [5.74, 6) is 0. The number of halogens is 3. The van der Waals surface area contributed by atoms with E-state index in [1.807, 2.05) is 34.6 Å². The standard InChI is InChI=1S/C14H19F3/c1-12(2,3)13(4,5)10-8-6-7-9-11(10)14(15,16)17/h6-9H,1-5H3. The van der Waals surface area contributed by atoms with Crippen molar-refractivity contribution in [2.45, 2.75) is 46.2 Å². The van der Waals surface area contributed by atoms with Crippen LogP contribution in [0.5, 0.6) is 0 Å². The molecule has 0 aliphatic rings. The molecule has 0 aliphatic heterocycles. The summed E-state index contributed by atoms with van der Waals surface area (Å²) >= 11 is 0. The van der Waals surface area contributed by atoms with Crippen molar-refractivity contribution >= 4 is 0 Å². The van der Waals surface area contributed by atoms with Gasteiger partial charge in [0.25, 0.3) is 0 Å². The highest BCUT2D eigenvalue weighted by atomic mass is 19.4. The van der Waals surface area contributed by atoms with Crippen molar-refractivity contribution in [3.8, 4) is 0 Å². The van der Waals surface area contributed by atoms with E-state index in [0.29, 0.717) is 5.56 Å². The number of alkyl halides is 3. The summed E-state index contributed by atoms with van der Waals surface area (Å²) in [7, 11) is 0. The molecular formula is C14H19F3. The Bertz CT molecular complexity index is 395. The molecule has 0 amide bonds. The Labute approximate surface area is 101 Å². The minimum absolute atomic E-state index is 0.242. The van der Waals surface area contributed by atoms with Gasteiger partial charge in [-0.2, -0.15) is 13.2 Å². The minimum Gasteiger partial charge on any atom is -0.166 e. The van der Waals surface area contributed by atoms with Gasteiger partial charge in [0.2, 0.25) is 0 Å². The summed E-state index contributed by atoms with van der Waals surface area (Å²) in [5, 5.41) is 0. The SMILES string of the molecule is CC(C)(C)C(C)(C)c1ccccc1C(F)(F)F. The Morgan fingerprint density at radius 1 is 0.765 bits per heavy atom. The predicted molar refractivity (Wildman–Crippen MR) is 63.9 cm³/mol. The van der Waals surface area contributed by atoms with Crippen molar-refractivity contribution in [1.29, 1.82) is 0 Å². The first kappa shape index (κ1) is 14.1. The Morgan fingerprint density at radius 2 is 1.18 bits per heavy atom. The van der Waals surface area contributed by atoms with Crippen molar-refractivity contribution in [1.82, 2.24) is 0 Å². The van der Waals surface area contributed by atoms with Gasteiger partial charge in [-0.25, -0.2) is 0 Å². The highest BCUT2D eigenvalue weighted by Gasteiger charge is 2.42. The summed E-state index contributed by atoms with van der Waals surface area (Å²) in [4.78, 5) is 0. The van der Waals surface area contributed by atoms with E-state index in [-0.39, 0.29) is 5.41 Å². The number of hydrogen-bond donors (Lipinski definition) is 0. The molecule has 96 valence electrons. The van der Waals surface area contributed by atoms with Crippen LogP contribution < -0.4 is 0 Å². The van der Waals surface area contributed by atoms with Gasteiger partial charge in [-0.3, -0.25) is 0 Å². The van der Waals surface area contributed by atoms with Gasteiger partial charge in [0.1, 0.15) is 0 Å². The maximum absolute atomic E-state index is 13.0. The van der Waals surface area contributed by atoms with Crippen molar-refractivity contribution in [3.05, 3.63) is 35.4 Å². The first-order valence-corrected chi connectivity index (χ1v) is 5.64. The van der Waals surface area contributed by atoms with Gasteiger partial charge in [-0.1, -0.05) is 52.8 Å². The van der Waals surface area contributed by atoms with E-state index in [2.05, 4.69) is 0 Å². The molecule has 0 bridgehead atoms. The van der Waals surface area contributed by atoms with Gasteiger partial charge < -0.3 is 0 Å². The average molecular weight is 244 g/mol. The Hall–Kier alpha value is -0.990.